The molecule has 3 N–H and O–H groups in total. The maximum Gasteiger partial charge on any atom is 0.347 e. The van der Waals surface area contributed by atoms with E-state index in [4.69, 9.17) is 19.9 Å². The van der Waals surface area contributed by atoms with E-state index >= 15 is 0 Å². The second-order valence-electron chi connectivity index (χ2n) is 5.71. The Morgan fingerprint density at radius 3 is 2.46 bits per heavy atom. The molecule has 3 rings (SSSR count). The number of rotatable bonds is 3. The zero-order valence-corrected chi connectivity index (χ0v) is 14.2. The Balaban J connectivity index is 2.40. The van der Waals surface area contributed by atoms with Crippen LogP contribution < -0.4 is 19.9 Å². The van der Waals surface area contributed by atoms with Crippen LogP contribution in [0.15, 0.2) is 12.1 Å². The van der Waals surface area contributed by atoms with E-state index in [1.54, 1.807) is 13.8 Å². The van der Waals surface area contributed by atoms with Crippen molar-refractivity contribution in [3.8, 4) is 28.7 Å². The van der Waals surface area contributed by atoms with Gasteiger partial charge >= 0.3 is 5.97 Å². The first-order valence-electron chi connectivity index (χ1n) is 7.53. The number of hydrogen-bond acceptors (Lipinski definition) is 7. The molecule has 0 bridgehead atoms. The summed E-state index contributed by atoms with van der Waals surface area (Å²) >= 11 is 0. The largest absolute Gasteiger partial charge is 0.507 e. The summed E-state index contributed by atoms with van der Waals surface area (Å²) < 4.78 is 16.3. The van der Waals surface area contributed by atoms with Crippen LogP contribution in [0.4, 0.5) is 0 Å². The lowest BCUT2D eigenvalue weighted by molar-refractivity contribution is 0.0734. The number of methoxy groups -OCH3 is 1. The molecule has 0 unspecified atom stereocenters. The van der Waals surface area contributed by atoms with Crippen LogP contribution >= 0.6 is 0 Å². The third-order valence-electron chi connectivity index (χ3n) is 4.14. The summed E-state index contributed by atoms with van der Waals surface area (Å²) in [4.78, 5) is 35.9. The number of nitrogens with two attached hydrogens (primary N) is 1. The van der Waals surface area contributed by atoms with Crippen molar-refractivity contribution in [2.45, 2.75) is 13.8 Å². The van der Waals surface area contributed by atoms with E-state index in [9.17, 15) is 19.5 Å². The van der Waals surface area contributed by atoms with Crippen LogP contribution in [-0.4, -0.2) is 30.4 Å². The predicted molar refractivity (Wildman–Crippen MR) is 89.5 cm³/mol. The minimum Gasteiger partial charge on any atom is -0.507 e. The highest BCUT2D eigenvalue weighted by Crippen LogP contribution is 2.48. The Morgan fingerprint density at radius 2 is 1.88 bits per heavy atom. The standard InChI is InChI=1S/C18H15NO7/c1-7-4-11(21)10(6-20)15-13(7)18(23)26-14-8(2)12(24-3)5-9(17(19)22)16(14)25-15/h4-6,21H,1-3H3,(H2,19,22). The molecular formula is C18H15NO7. The van der Waals surface area contributed by atoms with Crippen LogP contribution in [0, 0.1) is 13.8 Å². The fourth-order valence-corrected chi connectivity index (χ4v) is 2.83. The molecule has 0 atom stereocenters. The average Bonchev–Trinajstić information content (AvgIpc) is 2.72. The summed E-state index contributed by atoms with van der Waals surface area (Å²) in [5.74, 6) is -2.11. The quantitative estimate of drug-likeness (QED) is 0.490. The molecule has 26 heavy (non-hydrogen) atoms. The van der Waals surface area contributed by atoms with Crippen molar-refractivity contribution in [1.82, 2.24) is 0 Å². The second-order valence-corrected chi connectivity index (χ2v) is 5.71. The third-order valence-corrected chi connectivity index (χ3v) is 4.14. The Labute approximate surface area is 148 Å². The third kappa shape index (κ3) is 2.43. The molecule has 0 radical (unpaired) electrons. The predicted octanol–water partition coefficient (Wildman–Crippen LogP) is 2.25. The fourth-order valence-electron chi connectivity index (χ4n) is 2.83. The topological polar surface area (TPSA) is 125 Å². The van der Waals surface area contributed by atoms with Gasteiger partial charge in [-0.3, -0.25) is 9.59 Å². The van der Waals surface area contributed by atoms with Crippen molar-refractivity contribution >= 4 is 18.2 Å². The zero-order chi connectivity index (χ0) is 19.2. The first kappa shape index (κ1) is 17.3. The van der Waals surface area contributed by atoms with Crippen LogP contribution in [-0.2, 0) is 0 Å². The van der Waals surface area contributed by atoms with Crippen LogP contribution in [0.3, 0.4) is 0 Å². The highest BCUT2D eigenvalue weighted by Gasteiger charge is 2.33. The lowest BCUT2D eigenvalue weighted by atomic mass is 10.0. The summed E-state index contributed by atoms with van der Waals surface area (Å²) in [6, 6.07) is 2.61. The first-order valence-corrected chi connectivity index (χ1v) is 7.53. The number of primary amides is 1. The number of carbonyl (C=O) groups is 3. The molecule has 0 saturated carbocycles. The Kier molecular flexibility index (Phi) is 4.03. The van der Waals surface area contributed by atoms with E-state index in [0.29, 0.717) is 17.4 Å². The van der Waals surface area contributed by atoms with Crippen molar-refractivity contribution in [2.24, 2.45) is 5.73 Å². The van der Waals surface area contributed by atoms with Gasteiger partial charge in [0.05, 0.1) is 18.2 Å². The molecule has 0 aromatic heterocycles. The van der Waals surface area contributed by atoms with E-state index in [-0.39, 0.29) is 45.4 Å². The van der Waals surface area contributed by atoms with E-state index in [0.717, 1.165) is 0 Å². The Bertz CT molecular complexity index is 978. The molecule has 0 fully saturated rings. The molecular weight excluding hydrogens is 342 g/mol. The molecule has 1 aliphatic heterocycles. The summed E-state index contributed by atoms with van der Waals surface area (Å²) in [6.07, 6.45) is 0.353. The van der Waals surface area contributed by atoms with E-state index < -0.39 is 11.9 Å². The molecule has 134 valence electrons. The van der Waals surface area contributed by atoms with Crippen LogP contribution in [0.25, 0.3) is 0 Å². The van der Waals surface area contributed by atoms with Gasteiger partial charge in [0.25, 0.3) is 5.91 Å². The molecule has 0 saturated heterocycles. The maximum absolute atomic E-state index is 12.6. The van der Waals surface area contributed by atoms with Crippen molar-refractivity contribution in [3.63, 3.8) is 0 Å². The molecule has 8 heteroatoms. The molecule has 1 aliphatic rings. The van der Waals surface area contributed by atoms with Crippen molar-refractivity contribution in [2.75, 3.05) is 7.11 Å². The molecule has 2 aromatic carbocycles. The number of aromatic hydroxyl groups is 1. The van der Waals surface area contributed by atoms with Gasteiger partial charge in [0, 0.05) is 5.56 Å². The van der Waals surface area contributed by atoms with Crippen LogP contribution in [0.5, 0.6) is 28.7 Å². The maximum atomic E-state index is 12.6. The van der Waals surface area contributed by atoms with Gasteiger partial charge in [-0.2, -0.15) is 0 Å². The Morgan fingerprint density at radius 1 is 1.19 bits per heavy atom. The van der Waals surface area contributed by atoms with Gasteiger partial charge in [0.2, 0.25) is 0 Å². The molecule has 0 spiro atoms. The van der Waals surface area contributed by atoms with Crippen molar-refractivity contribution in [1.29, 1.82) is 0 Å². The average molecular weight is 357 g/mol. The number of amides is 1. The second kappa shape index (κ2) is 6.07. The summed E-state index contributed by atoms with van der Waals surface area (Å²) in [7, 11) is 1.39. The van der Waals surface area contributed by atoms with E-state index in [1.807, 2.05) is 0 Å². The SMILES string of the molecule is COc1cc(C(N)=O)c2c(c1C)OC(=O)c1c(C)cc(O)c(C=O)c1O2. The van der Waals surface area contributed by atoms with Gasteiger partial charge in [-0.1, -0.05) is 0 Å². The summed E-state index contributed by atoms with van der Waals surface area (Å²) in [5.41, 5.74) is 5.79. The Hall–Kier alpha value is -3.55. The van der Waals surface area contributed by atoms with E-state index in [2.05, 4.69) is 0 Å². The molecule has 2 aromatic rings. The number of phenolic OH excluding ortho intramolecular Hbond substituents is 1. The molecule has 8 nitrogen and oxygen atoms in total. The minimum absolute atomic E-state index is 0.0325. The number of fused-ring (bicyclic) bond motifs is 2. The number of hydrogen-bond donors (Lipinski definition) is 2. The normalized spacial score (nSPS) is 12.2. The summed E-state index contributed by atoms with van der Waals surface area (Å²) in [6.45, 7) is 3.16. The van der Waals surface area contributed by atoms with Gasteiger partial charge in [-0.15, -0.1) is 0 Å². The van der Waals surface area contributed by atoms with Gasteiger partial charge in [-0.25, -0.2) is 4.79 Å². The fraction of sp³-hybridized carbons (Fsp3) is 0.167. The van der Waals surface area contributed by atoms with Crippen molar-refractivity contribution < 1.29 is 33.7 Å². The molecule has 0 aliphatic carbocycles. The van der Waals surface area contributed by atoms with Crippen LogP contribution in [0.2, 0.25) is 0 Å². The van der Waals surface area contributed by atoms with Gasteiger partial charge < -0.3 is 25.1 Å². The van der Waals surface area contributed by atoms with Gasteiger partial charge in [0.1, 0.15) is 17.1 Å². The summed E-state index contributed by atoms with van der Waals surface area (Å²) in [5, 5.41) is 10.0. The molecule has 1 amide bonds. The lowest BCUT2D eigenvalue weighted by Gasteiger charge is -2.16. The molecule has 1 heterocycles. The van der Waals surface area contributed by atoms with Gasteiger partial charge in [0.15, 0.2) is 23.5 Å². The number of phenols is 1. The van der Waals surface area contributed by atoms with Gasteiger partial charge in [-0.05, 0) is 31.5 Å². The number of esters is 1. The highest BCUT2D eigenvalue weighted by atomic mass is 16.6. The monoisotopic (exact) mass is 357 g/mol. The number of ether oxygens (including phenoxy) is 3. The lowest BCUT2D eigenvalue weighted by Crippen LogP contribution is -2.14. The number of carbonyl (C=O) groups excluding carboxylic acids is 3. The van der Waals surface area contributed by atoms with Crippen molar-refractivity contribution in [3.05, 3.63) is 39.9 Å². The first-order chi connectivity index (χ1) is 12.3. The van der Waals surface area contributed by atoms with E-state index in [1.165, 1.54) is 19.2 Å². The number of aryl methyl sites for hydroxylation is 1. The zero-order valence-electron chi connectivity index (χ0n) is 14.2. The van der Waals surface area contributed by atoms with Crippen LogP contribution in [0.1, 0.15) is 42.2 Å². The minimum atomic E-state index is -0.844. The smallest absolute Gasteiger partial charge is 0.347 e. The number of aldehydes is 1. The highest BCUT2D eigenvalue weighted by molar-refractivity contribution is 6.03. The number of benzene rings is 2.